The van der Waals surface area contributed by atoms with Crippen LogP contribution in [0, 0.1) is 0 Å². The molecule has 14 heavy (non-hydrogen) atoms. The van der Waals surface area contributed by atoms with Gasteiger partial charge in [-0.1, -0.05) is 0 Å². The van der Waals surface area contributed by atoms with Gasteiger partial charge in [-0.15, -0.1) is 0 Å². The van der Waals surface area contributed by atoms with Crippen LogP contribution in [0.3, 0.4) is 0 Å². The zero-order valence-corrected chi connectivity index (χ0v) is 11.5. The number of hydrogen-bond acceptors (Lipinski definition) is 4. The first-order valence-electron chi connectivity index (χ1n) is 3.99. The van der Waals surface area contributed by atoms with Crippen molar-refractivity contribution in [3.05, 3.63) is 11.6 Å². The van der Waals surface area contributed by atoms with E-state index in [-0.39, 0.29) is 15.3 Å². The summed E-state index contributed by atoms with van der Waals surface area (Å²) in [5.74, 6) is -0.354. The zero-order chi connectivity index (χ0) is 11.8. The SMILES string of the molecule is CC(C)=C[C](=O)[Na].NCCS(=O)(=O)O. The molecule has 0 aliphatic heterocycles. The van der Waals surface area contributed by atoms with Gasteiger partial charge in [0, 0.05) is 6.54 Å². The summed E-state index contributed by atoms with van der Waals surface area (Å²) < 4.78 is 27.6. The predicted octanol–water partition coefficient (Wildman–Crippen LogP) is -0.519. The van der Waals surface area contributed by atoms with Crippen LogP contribution < -0.4 is 5.73 Å². The first-order chi connectivity index (χ1) is 6.19. The van der Waals surface area contributed by atoms with Crippen molar-refractivity contribution in [2.45, 2.75) is 13.8 Å². The van der Waals surface area contributed by atoms with Gasteiger partial charge in [-0.05, 0) is 0 Å². The molecule has 0 atom stereocenters. The molecule has 0 aromatic carbocycles. The molecule has 0 unspecified atom stereocenters. The number of carbonyl (C=O) groups excluding carboxylic acids is 1. The number of carbonyl (C=O) groups is 1. The summed E-state index contributed by atoms with van der Waals surface area (Å²) in [7, 11) is -3.80. The minimum atomic E-state index is -3.80. The third kappa shape index (κ3) is 22.8. The van der Waals surface area contributed by atoms with Gasteiger partial charge in [-0.2, -0.15) is 8.42 Å². The van der Waals surface area contributed by atoms with Crippen molar-refractivity contribution in [1.82, 2.24) is 0 Å². The Morgan fingerprint density at radius 3 is 1.93 bits per heavy atom. The van der Waals surface area contributed by atoms with Gasteiger partial charge in [0.15, 0.2) is 0 Å². The van der Waals surface area contributed by atoms with Gasteiger partial charge in [0.1, 0.15) is 0 Å². The van der Waals surface area contributed by atoms with Crippen LogP contribution in [0.25, 0.3) is 0 Å². The Hall–Kier alpha value is 0.280. The van der Waals surface area contributed by atoms with Crippen LogP contribution in [0.2, 0.25) is 0 Å². The monoisotopic (exact) mass is 231 g/mol. The standard InChI is InChI=1S/C5H7O.C2H7NO3S.Na/c1-5(2)3-4-6;3-1-2-7(4,5)6;/h3H,1-2H3;1-3H2,(H,4,5,6);. The van der Waals surface area contributed by atoms with E-state index < -0.39 is 10.1 Å². The summed E-state index contributed by atoms with van der Waals surface area (Å²) in [6, 6.07) is 0. The summed E-state index contributed by atoms with van der Waals surface area (Å²) in [6.45, 7) is 3.82. The summed E-state index contributed by atoms with van der Waals surface area (Å²) in [5, 5.41) is 0. The molecule has 3 N–H and O–H groups in total. The van der Waals surface area contributed by atoms with Gasteiger partial charge in [0.05, 0.1) is 5.75 Å². The van der Waals surface area contributed by atoms with Crippen LogP contribution >= 0.6 is 0 Å². The molecule has 0 heterocycles. The molecule has 0 aromatic heterocycles. The molecule has 78 valence electrons. The van der Waals surface area contributed by atoms with Crippen LogP contribution in [0.15, 0.2) is 11.6 Å². The van der Waals surface area contributed by atoms with Gasteiger partial charge >= 0.3 is 61.3 Å². The molecule has 0 bridgehead atoms. The van der Waals surface area contributed by atoms with Crippen molar-refractivity contribution in [1.29, 1.82) is 0 Å². The molecule has 5 nitrogen and oxygen atoms in total. The molecule has 0 amide bonds. The Morgan fingerprint density at radius 2 is 1.93 bits per heavy atom. The maximum absolute atomic E-state index is 10.2. The van der Waals surface area contributed by atoms with E-state index in [0.29, 0.717) is 27.9 Å². The Kier molecular flexibility index (Phi) is 10.2. The molecule has 0 aliphatic carbocycles. The van der Waals surface area contributed by atoms with E-state index in [0.717, 1.165) is 5.57 Å². The van der Waals surface area contributed by atoms with Crippen molar-refractivity contribution >= 4 is 41.1 Å². The number of hydrogen-bond donors (Lipinski definition) is 2. The second kappa shape index (κ2) is 8.58. The van der Waals surface area contributed by atoms with E-state index in [4.69, 9.17) is 10.3 Å². The molecule has 0 fully saturated rings. The molecular formula is C7H14NNaO4S. The quantitative estimate of drug-likeness (QED) is 0.387. The number of allylic oxidation sites excluding steroid dienone is 2. The summed E-state index contributed by atoms with van der Waals surface area (Å²) in [6.07, 6.45) is 1.67. The fourth-order valence-electron chi connectivity index (χ4n) is 0.555. The maximum Gasteiger partial charge on any atom is 0.266 e. The molecule has 0 spiro atoms. The van der Waals surface area contributed by atoms with Crippen molar-refractivity contribution < 1.29 is 17.8 Å². The van der Waals surface area contributed by atoms with E-state index in [9.17, 15) is 13.2 Å². The number of nitrogens with two attached hydrogens (primary N) is 1. The first-order valence-corrected chi connectivity index (χ1v) is 6.60. The fraction of sp³-hybridized carbons (Fsp3) is 0.571. The molecule has 0 aliphatic rings. The summed E-state index contributed by atoms with van der Waals surface area (Å²) >= 11 is 0.652. The zero-order valence-electron chi connectivity index (χ0n) is 8.65. The maximum atomic E-state index is 10.2. The van der Waals surface area contributed by atoms with Crippen LogP contribution in [0.4, 0.5) is 0 Å². The van der Waals surface area contributed by atoms with Gasteiger partial charge in [0.25, 0.3) is 10.1 Å². The van der Waals surface area contributed by atoms with Crippen molar-refractivity contribution in [2.75, 3.05) is 12.3 Å². The average molecular weight is 231 g/mol. The van der Waals surface area contributed by atoms with E-state index in [1.165, 1.54) is 0 Å². The van der Waals surface area contributed by atoms with Gasteiger partial charge in [0.2, 0.25) is 0 Å². The Balaban J connectivity index is 0. The number of rotatable bonds is 3. The van der Waals surface area contributed by atoms with E-state index in [1.807, 2.05) is 13.8 Å². The third-order valence-corrected chi connectivity index (χ3v) is 1.91. The van der Waals surface area contributed by atoms with Crippen LogP contribution in [-0.2, 0) is 14.9 Å². The first kappa shape index (κ1) is 16.7. The largest absolute Gasteiger partial charge is 0.329 e. The predicted molar refractivity (Wildman–Crippen MR) is 55.7 cm³/mol. The molecular weight excluding hydrogens is 217 g/mol. The normalized spacial score (nSPS) is 9.86. The minimum Gasteiger partial charge on any atom is -0.329 e. The van der Waals surface area contributed by atoms with Gasteiger partial charge in [-0.3, -0.25) is 4.55 Å². The van der Waals surface area contributed by atoms with E-state index in [1.54, 1.807) is 6.08 Å². The molecule has 0 rings (SSSR count). The van der Waals surface area contributed by atoms with Crippen LogP contribution in [0.5, 0.6) is 0 Å². The molecule has 0 radical (unpaired) electrons. The second-order valence-corrected chi connectivity index (χ2v) is 5.46. The summed E-state index contributed by atoms with van der Waals surface area (Å²) in [4.78, 5) is 10.2. The van der Waals surface area contributed by atoms with Crippen molar-refractivity contribution in [3.63, 3.8) is 0 Å². The summed E-state index contributed by atoms with van der Waals surface area (Å²) in [5.41, 5.74) is 5.87. The topological polar surface area (TPSA) is 97.5 Å². The molecule has 0 saturated heterocycles. The smallest absolute Gasteiger partial charge is 0.266 e. The van der Waals surface area contributed by atoms with Crippen LogP contribution in [0.1, 0.15) is 13.8 Å². The second-order valence-electron chi connectivity index (χ2n) is 2.91. The van der Waals surface area contributed by atoms with Crippen molar-refractivity contribution in [3.8, 4) is 0 Å². The Morgan fingerprint density at radius 1 is 1.50 bits per heavy atom. The fourth-order valence-corrected chi connectivity index (χ4v) is 1.43. The molecule has 7 heteroatoms. The Labute approximate surface area is 102 Å². The van der Waals surface area contributed by atoms with Gasteiger partial charge in [-0.25, -0.2) is 0 Å². The van der Waals surface area contributed by atoms with Crippen molar-refractivity contribution in [2.24, 2.45) is 5.73 Å². The molecule has 0 aromatic rings. The van der Waals surface area contributed by atoms with E-state index in [2.05, 4.69) is 0 Å². The van der Waals surface area contributed by atoms with Crippen LogP contribution in [-0.4, -0.2) is 56.2 Å². The molecule has 0 saturated carbocycles. The van der Waals surface area contributed by atoms with Gasteiger partial charge < -0.3 is 5.73 Å². The Bertz CT molecular complexity index is 293. The average Bonchev–Trinajstić information content (AvgIpc) is 1.80. The third-order valence-electron chi connectivity index (χ3n) is 0.868. The minimum absolute atomic E-state index is 0.0289. The van der Waals surface area contributed by atoms with E-state index >= 15 is 0 Å².